The van der Waals surface area contributed by atoms with Crippen LogP contribution in [0.15, 0.2) is 24.3 Å². The Kier molecular flexibility index (Phi) is 9.44. The topological polar surface area (TPSA) is 67.6 Å². The lowest BCUT2D eigenvalue weighted by atomic mass is 9.54. The van der Waals surface area contributed by atoms with Gasteiger partial charge in [-0.3, -0.25) is 9.69 Å². The zero-order chi connectivity index (χ0) is 19.7. The lowest BCUT2D eigenvalue weighted by molar-refractivity contribution is -0.166. The number of benzene rings is 1. The second-order valence-corrected chi connectivity index (χ2v) is 8.81. The highest BCUT2D eigenvalue weighted by Crippen LogP contribution is 2.50. The molecule has 29 heavy (non-hydrogen) atoms. The van der Waals surface area contributed by atoms with Gasteiger partial charge in [-0.1, -0.05) is 32.4 Å². The van der Waals surface area contributed by atoms with Crippen molar-refractivity contribution in [2.75, 3.05) is 18.5 Å². The van der Waals surface area contributed by atoms with Crippen molar-refractivity contribution in [3.8, 4) is 0 Å². The third-order valence-electron chi connectivity index (χ3n) is 6.77. The molecule has 2 aliphatic rings. The first-order valence-corrected chi connectivity index (χ1v) is 10.3. The lowest BCUT2D eigenvalue weighted by Gasteiger charge is -2.57. The largest absolute Gasteiger partial charge is 0.378 e. The molecule has 5 nitrogen and oxygen atoms in total. The number of hydrogen-bond donors (Lipinski definition) is 2. The summed E-state index contributed by atoms with van der Waals surface area (Å²) in [5, 5.41) is 3.01. The van der Waals surface area contributed by atoms with E-state index in [-0.39, 0.29) is 42.2 Å². The Balaban J connectivity index is 0.00000210. The maximum atomic E-state index is 12.8. The Morgan fingerprint density at radius 3 is 2.45 bits per heavy atom. The van der Waals surface area contributed by atoms with E-state index in [1.165, 1.54) is 31.4 Å². The van der Waals surface area contributed by atoms with E-state index in [0.717, 1.165) is 12.2 Å². The summed E-state index contributed by atoms with van der Waals surface area (Å²) in [6.45, 7) is 11.1. The normalized spacial score (nSPS) is 28.4. The third kappa shape index (κ3) is 5.26. The number of hydrogen-bond acceptors (Lipinski definition) is 4. The van der Waals surface area contributed by atoms with Crippen LogP contribution in [0.5, 0.6) is 0 Å². The molecule has 1 aromatic rings. The minimum atomic E-state index is -0.894. The van der Waals surface area contributed by atoms with Crippen LogP contribution in [0.25, 0.3) is 0 Å². The van der Waals surface area contributed by atoms with Crippen LogP contribution in [0.3, 0.4) is 0 Å². The number of nitrogens with two attached hydrogens (primary N) is 1. The van der Waals surface area contributed by atoms with E-state index in [9.17, 15) is 4.79 Å². The number of rotatable bonds is 6. The number of anilines is 1. The molecule has 0 bridgehead atoms. The van der Waals surface area contributed by atoms with E-state index in [2.05, 4.69) is 29.3 Å². The smallest absolute Gasteiger partial charge is 0.245 e. The minimum absolute atomic E-state index is 0. The molecule has 0 spiro atoms. The summed E-state index contributed by atoms with van der Waals surface area (Å²) in [5.41, 5.74) is 7.27. The molecule has 3 N–H and O–H groups in total. The van der Waals surface area contributed by atoms with Crippen LogP contribution in [0, 0.1) is 5.41 Å². The van der Waals surface area contributed by atoms with Crippen molar-refractivity contribution < 1.29 is 9.53 Å². The SMILES string of the molecule is CCOC1CC(N)(C(=O)Nc2ccc(CN3CCCCC3C)cc2)C1(C)C.Cl.Cl. The number of nitrogens with zero attached hydrogens (tertiary/aromatic N) is 1. The predicted octanol–water partition coefficient (Wildman–Crippen LogP) is 4.38. The molecule has 3 atom stereocenters. The molecule has 1 amide bonds. The van der Waals surface area contributed by atoms with Gasteiger partial charge in [-0.25, -0.2) is 0 Å². The average molecular weight is 446 g/mol. The van der Waals surface area contributed by atoms with E-state index < -0.39 is 5.54 Å². The highest BCUT2D eigenvalue weighted by atomic mass is 35.5. The molecule has 1 aliphatic heterocycles. The molecule has 3 rings (SSSR count). The number of amides is 1. The fourth-order valence-corrected chi connectivity index (χ4v) is 4.38. The number of nitrogens with one attached hydrogen (secondary N) is 1. The van der Waals surface area contributed by atoms with E-state index >= 15 is 0 Å². The number of likely N-dealkylation sites (tertiary alicyclic amines) is 1. The Labute approximate surface area is 187 Å². The van der Waals surface area contributed by atoms with Crippen molar-refractivity contribution in [1.29, 1.82) is 0 Å². The van der Waals surface area contributed by atoms with Gasteiger partial charge >= 0.3 is 0 Å². The standard InChI is InChI=1S/C22H35N3O2.2ClH/c1-5-27-19-14-22(23,21(19,3)4)20(26)24-18-11-9-17(10-12-18)15-25-13-7-6-8-16(25)2;;/h9-12,16,19H,5-8,13-15,23H2,1-4H3,(H,24,26);2*1H. The molecular formula is C22H37Cl2N3O2. The van der Waals surface area contributed by atoms with Crippen molar-refractivity contribution in [2.45, 2.75) is 77.6 Å². The second-order valence-electron chi connectivity index (χ2n) is 8.81. The van der Waals surface area contributed by atoms with E-state index in [1.807, 2.05) is 32.9 Å². The molecule has 7 heteroatoms. The fourth-order valence-electron chi connectivity index (χ4n) is 4.38. The molecule has 1 saturated heterocycles. The molecule has 1 heterocycles. The van der Waals surface area contributed by atoms with E-state index in [0.29, 0.717) is 19.1 Å². The summed E-state index contributed by atoms with van der Waals surface area (Å²) in [4.78, 5) is 15.4. The summed E-state index contributed by atoms with van der Waals surface area (Å²) < 4.78 is 5.72. The van der Waals surface area contributed by atoms with Gasteiger partial charge in [0, 0.05) is 36.7 Å². The van der Waals surface area contributed by atoms with Crippen LogP contribution >= 0.6 is 24.8 Å². The Morgan fingerprint density at radius 2 is 1.90 bits per heavy atom. The molecule has 2 fully saturated rings. The summed E-state index contributed by atoms with van der Waals surface area (Å²) in [6.07, 6.45) is 4.50. The van der Waals surface area contributed by atoms with Crippen LogP contribution in [-0.2, 0) is 16.1 Å². The number of carbonyl (C=O) groups excluding carboxylic acids is 1. The summed E-state index contributed by atoms with van der Waals surface area (Å²) in [5.74, 6) is -0.124. The van der Waals surface area contributed by atoms with Gasteiger partial charge in [0.2, 0.25) is 5.91 Å². The molecular weight excluding hydrogens is 409 g/mol. The van der Waals surface area contributed by atoms with Gasteiger partial charge in [-0.2, -0.15) is 0 Å². The molecule has 1 aliphatic carbocycles. The predicted molar refractivity (Wildman–Crippen MR) is 124 cm³/mol. The van der Waals surface area contributed by atoms with Gasteiger partial charge < -0.3 is 15.8 Å². The molecule has 1 aromatic carbocycles. The minimum Gasteiger partial charge on any atom is -0.378 e. The van der Waals surface area contributed by atoms with Crippen LogP contribution in [0.4, 0.5) is 5.69 Å². The maximum absolute atomic E-state index is 12.8. The van der Waals surface area contributed by atoms with Crippen molar-refractivity contribution in [3.05, 3.63) is 29.8 Å². The van der Waals surface area contributed by atoms with Gasteiger partial charge in [0.1, 0.15) is 5.54 Å². The quantitative estimate of drug-likeness (QED) is 0.681. The number of halogens is 2. The average Bonchev–Trinajstić information content (AvgIpc) is 2.64. The van der Waals surface area contributed by atoms with Crippen LogP contribution in [0.1, 0.15) is 58.9 Å². The van der Waals surface area contributed by atoms with Crippen molar-refractivity contribution in [1.82, 2.24) is 4.90 Å². The van der Waals surface area contributed by atoms with Crippen molar-refractivity contribution in [2.24, 2.45) is 11.1 Å². The highest BCUT2D eigenvalue weighted by molar-refractivity contribution is 5.99. The molecule has 0 aromatic heterocycles. The van der Waals surface area contributed by atoms with Crippen molar-refractivity contribution >= 4 is 36.4 Å². The zero-order valence-electron chi connectivity index (χ0n) is 18.1. The van der Waals surface area contributed by atoms with E-state index in [4.69, 9.17) is 10.5 Å². The summed E-state index contributed by atoms with van der Waals surface area (Å²) >= 11 is 0. The number of carbonyl (C=O) groups is 1. The number of piperidine rings is 1. The molecule has 166 valence electrons. The first-order chi connectivity index (χ1) is 12.8. The second kappa shape index (κ2) is 10.5. The van der Waals surface area contributed by atoms with Crippen molar-refractivity contribution in [3.63, 3.8) is 0 Å². The Hall–Kier alpha value is -0.850. The zero-order valence-corrected chi connectivity index (χ0v) is 19.7. The summed E-state index contributed by atoms with van der Waals surface area (Å²) in [7, 11) is 0. The summed E-state index contributed by atoms with van der Waals surface area (Å²) in [6, 6.07) is 8.83. The van der Waals surface area contributed by atoms with Crippen LogP contribution in [-0.4, -0.2) is 41.6 Å². The molecule has 0 radical (unpaired) electrons. The monoisotopic (exact) mass is 445 g/mol. The Bertz CT molecular complexity index is 669. The van der Waals surface area contributed by atoms with E-state index in [1.54, 1.807) is 0 Å². The van der Waals surface area contributed by atoms with Gasteiger partial charge in [-0.15, -0.1) is 24.8 Å². The lowest BCUT2D eigenvalue weighted by Crippen LogP contribution is -2.74. The van der Waals surface area contributed by atoms with Gasteiger partial charge in [0.25, 0.3) is 0 Å². The van der Waals surface area contributed by atoms with Gasteiger partial charge in [0.05, 0.1) is 6.10 Å². The van der Waals surface area contributed by atoms with Crippen LogP contribution in [0.2, 0.25) is 0 Å². The fraction of sp³-hybridized carbons (Fsp3) is 0.682. The Morgan fingerprint density at radius 1 is 1.24 bits per heavy atom. The highest BCUT2D eigenvalue weighted by Gasteiger charge is 2.62. The maximum Gasteiger partial charge on any atom is 0.245 e. The third-order valence-corrected chi connectivity index (χ3v) is 6.77. The van der Waals surface area contributed by atoms with Crippen LogP contribution < -0.4 is 11.1 Å². The molecule has 1 saturated carbocycles. The first kappa shape index (κ1) is 26.2. The van der Waals surface area contributed by atoms with Gasteiger partial charge in [0.15, 0.2) is 0 Å². The first-order valence-electron chi connectivity index (χ1n) is 10.3. The van der Waals surface area contributed by atoms with Gasteiger partial charge in [-0.05, 0) is 50.9 Å². The molecule has 3 unspecified atom stereocenters. The number of ether oxygens (including phenoxy) is 1.